The zero-order valence-corrected chi connectivity index (χ0v) is 21.0. The zero-order valence-electron chi connectivity index (χ0n) is 21.0. The molecule has 9 nitrogen and oxygen atoms in total. The van der Waals surface area contributed by atoms with Gasteiger partial charge in [-0.3, -0.25) is 4.79 Å². The van der Waals surface area contributed by atoms with E-state index in [1.807, 2.05) is 23.1 Å². The van der Waals surface area contributed by atoms with Crippen LogP contribution in [0.1, 0.15) is 28.8 Å². The number of amides is 1. The monoisotopic (exact) mass is 505 g/mol. The first-order chi connectivity index (χ1) is 18.2. The minimum absolute atomic E-state index is 0.0162. The lowest BCUT2D eigenvalue weighted by molar-refractivity contribution is 0.0507. The number of carbonyl (C=O) groups is 1. The maximum Gasteiger partial charge on any atom is 0.254 e. The molecule has 0 bridgehead atoms. The third-order valence-corrected chi connectivity index (χ3v) is 7.11. The first kappa shape index (κ1) is 23.8. The number of morpholine rings is 1. The number of fused-ring (bicyclic) bond motifs is 2. The largest absolute Gasteiger partial charge is 0.497 e. The molecule has 2 aromatic carbocycles. The second-order valence-electron chi connectivity index (χ2n) is 9.52. The van der Waals surface area contributed by atoms with E-state index in [1.54, 1.807) is 25.3 Å². The number of methoxy groups -OCH3 is 1. The van der Waals surface area contributed by atoms with Gasteiger partial charge in [0.2, 0.25) is 6.79 Å². The normalized spacial score (nSPS) is 18.8. The van der Waals surface area contributed by atoms with Gasteiger partial charge in [0.05, 0.1) is 31.9 Å². The Balaban J connectivity index is 1.37. The van der Waals surface area contributed by atoms with E-state index in [-0.39, 0.29) is 18.8 Å². The Morgan fingerprint density at radius 2 is 1.95 bits per heavy atom. The van der Waals surface area contributed by atoms with E-state index in [0.717, 1.165) is 60.6 Å². The smallest absolute Gasteiger partial charge is 0.254 e. The number of carbonyl (C=O) groups excluding carboxylic acids is 1. The number of rotatable bonds is 7. The molecule has 0 aliphatic carbocycles. The van der Waals surface area contributed by atoms with Crippen LogP contribution in [0.3, 0.4) is 0 Å². The standard InChI is InChI=1S/C28H31N3O6/c1-33-22-6-4-19-13-21(27(29-24(19)15-22)30-8-11-34-12-9-30)16-31(17-23-3-2-10-35-23)28(32)20-5-7-25-26(14-20)37-18-36-25/h4-7,13-15,23H,2-3,8-12,16-18H2,1H3/t23-/m0/s1. The predicted molar refractivity (Wildman–Crippen MR) is 138 cm³/mol. The van der Waals surface area contributed by atoms with Crippen LogP contribution in [0.5, 0.6) is 17.2 Å². The Hall–Kier alpha value is -3.56. The van der Waals surface area contributed by atoms with Gasteiger partial charge < -0.3 is 33.5 Å². The highest BCUT2D eigenvalue weighted by molar-refractivity contribution is 5.95. The number of pyridine rings is 1. The van der Waals surface area contributed by atoms with Crippen molar-refractivity contribution in [2.24, 2.45) is 0 Å². The zero-order chi connectivity index (χ0) is 25.2. The fourth-order valence-electron chi connectivity index (χ4n) is 5.14. The number of anilines is 1. The summed E-state index contributed by atoms with van der Waals surface area (Å²) in [5.41, 5.74) is 2.41. The molecule has 0 spiro atoms. The molecule has 194 valence electrons. The molecule has 0 N–H and O–H groups in total. The van der Waals surface area contributed by atoms with Gasteiger partial charge in [-0.25, -0.2) is 4.98 Å². The minimum atomic E-state index is -0.0726. The molecular formula is C28H31N3O6. The molecule has 37 heavy (non-hydrogen) atoms. The van der Waals surface area contributed by atoms with Crippen LogP contribution in [0.25, 0.3) is 10.9 Å². The van der Waals surface area contributed by atoms with Crippen molar-refractivity contribution in [2.75, 3.05) is 58.3 Å². The summed E-state index contributed by atoms with van der Waals surface area (Å²) in [6, 6.07) is 13.4. The van der Waals surface area contributed by atoms with Crippen molar-refractivity contribution in [3.63, 3.8) is 0 Å². The van der Waals surface area contributed by atoms with Crippen LogP contribution < -0.4 is 19.1 Å². The van der Waals surface area contributed by atoms with Crippen molar-refractivity contribution in [3.05, 3.63) is 53.6 Å². The first-order valence-corrected chi connectivity index (χ1v) is 12.8. The van der Waals surface area contributed by atoms with E-state index in [0.29, 0.717) is 43.4 Å². The highest BCUT2D eigenvalue weighted by Crippen LogP contribution is 2.34. The second-order valence-corrected chi connectivity index (χ2v) is 9.52. The van der Waals surface area contributed by atoms with E-state index < -0.39 is 0 Å². The molecule has 2 saturated heterocycles. The Bertz CT molecular complexity index is 1290. The van der Waals surface area contributed by atoms with Gasteiger partial charge in [0.1, 0.15) is 11.6 Å². The van der Waals surface area contributed by atoms with Crippen molar-refractivity contribution in [1.29, 1.82) is 0 Å². The Morgan fingerprint density at radius 3 is 2.76 bits per heavy atom. The van der Waals surface area contributed by atoms with Crippen LogP contribution in [-0.4, -0.2) is 75.3 Å². The lowest BCUT2D eigenvalue weighted by Gasteiger charge is -2.32. The number of hydrogen-bond acceptors (Lipinski definition) is 8. The van der Waals surface area contributed by atoms with E-state index in [2.05, 4.69) is 11.0 Å². The third kappa shape index (κ3) is 5.01. The van der Waals surface area contributed by atoms with Crippen LogP contribution in [-0.2, 0) is 16.0 Å². The summed E-state index contributed by atoms with van der Waals surface area (Å²) in [6.45, 7) is 4.61. The fourth-order valence-corrected chi connectivity index (χ4v) is 5.14. The predicted octanol–water partition coefficient (Wildman–Crippen LogP) is 3.63. The summed E-state index contributed by atoms with van der Waals surface area (Å²) >= 11 is 0. The Labute approximate surface area is 215 Å². The first-order valence-electron chi connectivity index (χ1n) is 12.8. The number of benzene rings is 2. The molecule has 0 unspecified atom stereocenters. The van der Waals surface area contributed by atoms with Crippen molar-refractivity contribution in [3.8, 4) is 17.2 Å². The Morgan fingerprint density at radius 1 is 1.08 bits per heavy atom. The summed E-state index contributed by atoms with van der Waals surface area (Å²) in [6.07, 6.45) is 1.97. The molecule has 2 fully saturated rings. The topological polar surface area (TPSA) is 82.6 Å². The van der Waals surface area contributed by atoms with Gasteiger partial charge in [-0.05, 0) is 49.2 Å². The van der Waals surface area contributed by atoms with Gasteiger partial charge >= 0.3 is 0 Å². The number of ether oxygens (including phenoxy) is 5. The van der Waals surface area contributed by atoms with Crippen LogP contribution in [0.15, 0.2) is 42.5 Å². The highest BCUT2D eigenvalue weighted by atomic mass is 16.7. The molecule has 1 amide bonds. The van der Waals surface area contributed by atoms with Gasteiger partial charge in [-0.1, -0.05) is 0 Å². The van der Waals surface area contributed by atoms with E-state index in [4.69, 9.17) is 28.7 Å². The second kappa shape index (κ2) is 10.4. The molecule has 6 rings (SSSR count). The molecule has 3 aliphatic heterocycles. The van der Waals surface area contributed by atoms with Crippen LogP contribution in [0.4, 0.5) is 5.82 Å². The number of aromatic nitrogens is 1. The summed E-state index contributed by atoms with van der Waals surface area (Å²) in [7, 11) is 1.66. The van der Waals surface area contributed by atoms with Crippen molar-refractivity contribution in [2.45, 2.75) is 25.5 Å². The maximum absolute atomic E-state index is 13.9. The van der Waals surface area contributed by atoms with Crippen molar-refractivity contribution >= 4 is 22.6 Å². The summed E-state index contributed by atoms with van der Waals surface area (Å²) in [4.78, 5) is 23.1. The van der Waals surface area contributed by atoms with Crippen LogP contribution in [0.2, 0.25) is 0 Å². The average Bonchev–Trinajstić information content (AvgIpc) is 3.64. The summed E-state index contributed by atoms with van der Waals surface area (Å²) < 4.78 is 27.9. The van der Waals surface area contributed by atoms with Crippen molar-refractivity contribution in [1.82, 2.24) is 9.88 Å². The molecular weight excluding hydrogens is 474 g/mol. The maximum atomic E-state index is 13.9. The van der Waals surface area contributed by atoms with E-state index >= 15 is 0 Å². The number of hydrogen-bond donors (Lipinski definition) is 0. The van der Waals surface area contributed by atoms with Gasteiger partial charge in [-0.2, -0.15) is 0 Å². The summed E-state index contributed by atoms with van der Waals surface area (Å²) in [5.74, 6) is 2.82. The third-order valence-electron chi connectivity index (χ3n) is 7.11. The average molecular weight is 506 g/mol. The SMILES string of the molecule is COc1ccc2cc(CN(C[C@@H]3CCCO3)C(=O)c3ccc4c(c3)OCO4)c(N3CCOCC3)nc2c1. The van der Waals surface area contributed by atoms with Crippen LogP contribution >= 0.6 is 0 Å². The molecule has 0 saturated carbocycles. The van der Waals surface area contributed by atoms with E-state index in [9.17, 15) is 4.79 Å². The quantitative estimate of drug-likeness (QED) is 0.482. The Kier molecular flexibility index (Phi) is 6.72. The van der Waals surface area contributed by atoms with Crippen molar-refractivity contribution < 1.29 is 28.5 Å². The van der Waals surface area contributed by atoms with E-state index in [1.165, 1.54) is 0 Å². The lowest BCUT2D eigenvalue weighted by Crippen LogP contribution is -2.40. The molecule has 4 heterocycles. The fraction of sp³-hybridized carbons (Fsp3) is 0.429. The molecule has 9 heteroatoms. The molecule has 0 radical (unpaired) electrons. The van der Waals surface area contributed by atoms with Gasteiger partial charge in [-0.15, -0.1) is 0 Å². The van der Waals surface area contributed by atoms with Gasteiger partial charge in [0.25, 0.3) is 5.91 Å². The minimum Gasteiger partial charge on any atom is -0.497 e. The van der Waals surface area contributed by atoms with Gasteiger partial charge in [0.15, 0.2) is 11.5 Å². The van der Waals surface area contributed by atoms with Crippen LogP contribution in [0, 0.1) is 0 Å². The molecule has 3 aliphatic rings. The lowest BCUT2D eigenvalue weighted by atomic mass is 10.1. The molecule has 1 aromatic heterocycles. The highest BCUT2D eigenvalue weighted by Gasteiger charge is 2.27. The number of nitrogens with zero attached hydrogens (tertiary/aromatic N) is 3. The van der Waals surface area contributed by atoms with Gasteiger partial charge in [0, 0.05) is 55.4 Å². The summed E-state index contributed by atoms with van der Waals surface area (Å²) in [5, 5.41) is 1.00. The molecule has 3 aromatic rings. The molecule has 1 atom stereocenters.